The number of hydrogen-bond donors (Lipinski definition) is 1. The Labute approximate surface area is 160 Å². The van der Waals surface area contributed by atoms with Gasteiger partial charge in [-0.05, 0) is 54.2 Å². The predicted molar refractivity (Wildman–Crippen MR) is 106 cm³/mol. The highest BCUT2D eigenvalue weighted by Crippen LogP contribution is 2.33. The van der Waals surface area contributed by atoms with Crippen molar-refractivity contribution >= 4 is 21.6 Å². The molecule has 0 unspecified atom stereocenters. The summed E-state index contributed by atoms with van der Waals surface area (Å²) in [6.07, 6.45) is 0.880. The predicted octanol–water partition coefficient (Wildman–Crippen LogP) is 5.25. The topological polar surface area (TPSA) is 47.3 Å². The van der Waals surface area contributed by atoms with Crippen molar-refractivity contribution in [3.05, 3.63) is 71.4 Å². The number of nitrogens with zero attached hydrogens (tertiary/aromatic N) is 1. The molecule has 0 radical (unpaired) electrons. The molecule has 138 valence electrons. The van der Waals surface area contributed by atoms with E-state index < -0.39 is 0 Å². The van der Waals surface area contributed by atoms with Crippen molar-refractivity contribution < 1.29 is 13.7 Å². The highest BCUT2D eigenvalue weighted by atomic mass is 32.1. The summed E-state index contributed by atoms with van der Waals surface area (Å²) in [5.41, 5.74) is 3.72. The number of thiophene rings is 1. The first-order valence-electron chi connectivity index (χ1n) is 8.81. The monoisotopic (exact) mass is 382 g/mol. The van der Waals surface area contributed by atoms with Crippen molar-refractivity contribution in [1.29, 1.82) is 0 Å². The number of rotatable bonds is 8. The lowest BCUT2D eigenvalue weighted by molar-refractivity contribution is 0.308. The second kappa shape index (κ2) is 8.33. The molecule has 4 rings (SSSR count). The van der Waals surface area contributed by atoms with Crippen molar-refractivity contribution in [2.75, 3.05) is 13.2 Å². The summed E-state index contributed by atoms with van der Waals surface area (Å²) < 4.78 is 25.1. The first-order chi connectivity index (χ1) is 13.3. The lowest BCUT2D eigenvalue weighted by Gasteiger charge is -2.08. The fourth-order valence-corrected chi connectivity index (χ4v) is 3.63. The maximum absolute atomic E-state index is 12.9. The minimum atomic E-state index is -0.209. The summed E-state index contributed by atoms with van der Waals surface area (Å²) in [4.78, 5) is 0. The van der Waals surface area contributed by atoms with Gasteiger partial charge in [-0.3, -0.25) is 0 Å². The van der Waals surface area contributed by atoms with E-state index in [1.54, 1.807) is 23.5 Å². The van der Waals surface area contributed by atoms with Crippen LogP contribution in [0.15, 0.2) is 64.5 Å². The van der Waals surface area contributed by atoms with E-state index in [0.717, 1.165) is 52.4 Å². The lowest BCUT2D eigenvalue weighted by atomic mass is 10.1. The zero-order chi connectivity index (χ0) is 18.5. The molecule has 0 fully saturated rings. The van der Waals surface area contributed by atoms with E-state index in [-0.39, 0.29) is 5.82 Å². The fourth-order valence-electron chi connectivity index (χ4n) is 2.82. The first-order valence-corrected chi connectivity index (χ1v) is 9.69. The summed E-state index contributed by atoms with van der Waals surface area (Å²) in [5.74, 6) is 0.610. The van der Waals surface area contributed by atoms with Crippen LogP contribution in [0.4, 0.5) is 4.39 Å². The van der Waals surface area contributed by atoms with Crippen LogP contribution in [0.2, 0.25) is 0 Å². The number of benzene rings is 2. The molecular formula is C21H19FN2O2S. The SMILES string of the molecule is Fc1ccc(CNCCCOc2cccc(-c3noc4ccsc34)c2)cc1. The van der Waals surface area contributed by atoms with Gasteiger partial charge in [0.2, 0.25) is 0 Å². The van der Waals surface area contributed by atoms with E-state index in [9.17, 15) is 4.39 Å². The van der Waals surface area contributed by atoms with E-state index in [1.807, 2.05) is 35.7 Å². The van der Waals surface area contributed by atoms with Crippen molar-refractivity contribution in [1.82, 2.24) is 10.5 Å². The maximum Gasteiger partial charge on any atom is 0.178 e. The van der Waals surface area contributed by atoms with E-state index in [2.05, 4.69) is 10.5 Å². The Bertz CT molecular complexity index is 1010. The molecule has 0 saturated carbocycles. The van der Waals surface area contributed by atoms with E-state index in [0.29, 0.717) is 6.61 Å². The maximum atomic E-state index is 12.9. The molecule has 0 atom stereocenters. The third kappa shape index (κ3) is 4.35. The van der Waals surface area contributed by atoms with Crippen molar-refractivity contribution in [2.45, 2.75) is 13.0 Å². The molecule has 0 aliphatic heterocycles. The van der Waals surface area contributed by atoms with Gasteiger partial charge in [-0.15, -0.1) is 11.3 Å². The summed E-state index contributed by atoms with van der Waals surface area (Å²) in [6, 6.07) is 16.4. The van der Waals surface area contributed by atoms with Crippen molar-refractivity contribution in [3.8, 4) is 17.0 Å². The third-order valence-electron chi connectivity index (χ3n) is 4.20. The Hall–Kier alpha value is -2.70. The van der Waals surface area contributed by atoms with Crippen molar-refractivity contribution in [2.24, 2.45) is 0 Å². The van der Waals surface area contributed by atoms with Gasteiger partial charge < -0.3 is 14.6 Å². The van der Waals surface area contributed by atoms with Gasteiger partial charge in [-0.2, -0.15) is 0 Å². The third-order valence-corrected chi connectivity index (χ3v) is 5.10. The molecule has 4 nitrogen and oxygen atoms in total. The number of nitrogens with one attached hydrogen (secondary N) is 1. The molecular weight excluding hydrogens is 363 g/mol. The molecule has 27 heavy (non-hydrogen) atoms. The molecule has 0 saturated heterocycles. The lowest BCUT2D eigenvalue weighted by Crippen LogP contribution is -2.17. The normalized spacial score (nSPS) is 11.1. The zero-order valence-electron chi connectivity index (χ0n) is 14.7. The molecule has 0 spiro atoms. The molecule has 2 aromatic carbocycles. The van der Waals surface area contributed by atoms with Gasteiger partial charge >= 0.3 is 0 Å². The van der Waals surface area contributed by atoms with E-state index in [1.165, 1.54) is 12.1 Å². The molecule has 0 bridgehead atoms. The minimum absolute atomic E-state index is 0.209. The first kappa shape index (κ1) is 17.7. The van der Waals surface area contributed by atoms with Crippen LogP contribution < -0.4 is 10.1 Å². The van der Waals surface area contributed by atoms with E-state index >= 15 is 0 Å². The fraction of sp³-hybridized carbons (Fsp3) is 0.190. The van der Waals surface area contributed by atoms with Crippen LogP contribution in [-0.2, 0) is 6.54 Å². The van der Waals surface area contributed by atoms with Crippen LogP contribution in [0.3, 0.4) is 0 Å². The summed E-state index contributed by atoms with van der Waals surface area (Å²) >= 11 is 1.62. The summed E-state index contributed by atoms with van der Waals surface area (Å²) in [6.45, 7) is 2.17. The summed E-state index contributed by atoms with van der Waals surface area (Å²) in [7, 11) is 0. The number of aromatic nitrogens is 1. The number of hydrogen-bond acceptors (Lipinski definition) is 5. The Morgan fingerprint density at radius 1 is 1.11 bits per heavy atom. The van der Waals surface area contributed by atoms with E-state index in [4.69, 9.17) is 9.26 Å². The van der Waals surface area contributed by atoms with Gasteiger partial charge in [0.25, 0.3) is 0 Å². The van der Waals surface area contributed by atoms with Gasteiger partial charge in [0.1, 0.15) is 22.0 Å². The quantitative estimate of drug-likeness (QED) is 0.423. The van der Waals surface area contributed by atoms with Gasteiger partial charge in [0, 0.05) is 12.1 Å². The molecule has 0 amide bonds. The molecule has 2 aromatic heterocycles. The number of fused-ring (bicyclic) bond motifs is 1. The molecule has 0 aliphatic rings. The van der Waals surface area contributed by atoms with Crippen LogP contribution in [0.25, 0.3) is 21.5 Å². The van der Waals surface area contributed by atoms with Crippen LogP contribution >= 0.6 is 11.3 Å². The van der Waals surface area contributed by atoms with Crippen LogP contribution in [0.1, 0.15) is 12.0 Å². The molecule has 2 heterocycles. The zero-order valence-corrected chi connectivity index (χ0v) is 15.5. The van der Waals surface area contributed by atoms with Gasteiger partial charge in [-0.1, -0.05) is 29.4 Å². The Morgan fingerprint density at radius 3 is 2.89 bits per heavy atom. The average molecular weight is 382 g/mol. The summed E-state index contributed by atoms with van der Waals surface area (Å²) in [5, 5.41) is 9.50. The highest BCUT2D eigenvalue weighted by molar-refractivity contribution is 7.17. The minimum Gasteiger partial charge on any atom is -0.494 e. The average Bonchev–Trinajstić information content (AvgIpc) is 3.30. The van der Waals surface area contributed by atoms with Crippen LogP contribution in [0, 0.1) is 5.82 Å². The second-order valence-electron chi connectivity index (χ2n) is 6.18. The number of halogens is 1. The van der Waals surface area contributed by atoms with Gasteiger partial charge in [0.15, 0.2) is 5.58 Å². The van der Waals surface area contributed by atoms with Crippen LogP contribution in [-0.4, -0.2) is 18.3 Å². The standard InChI is InChI=1S/C21H19FN2O2S/c22-17-7-5-15(6-8-17)14-23-10-2-11-25-18-4-1-3-16(13-18)20-21-19(26-24-20)9-12-27-21/h1,3-9,12-13,23H,2,10-11,14H2. The Balaban J connectivity index is 1.25. The molecule has 1 N–H and O–H groups in total. The Kier molecular flexibility index (Phi) is 5.46. The Morgan fingerprint density at radius 2 is 2.00 bits per heavy atom. The smallest absolute Gasteiger partial charge is 0.178 e. The highest BCUT2D eigenvalue weighted by Gasteiger charge is 2.12. The van der Waals surface area contributed by atoms with Crippen LogP contribution in [0.5, 0.6) is 5.75 Å². The largest absolute Gasteiger partial charge is 0.494 e. The van der Waals surface area contributed by atoms with Gasteiger partial charge in [-0.25, -0.2) is 4.39 Å². The number of ether oxygens (including phenoxy) is 1. The molecule has 4 aromatic rings. The van der Waals surface area contributed by atoms with Crippen molar-refractivity contribution in [3.63, 3.8) is 0 Å². The van der Waals surface area contributed by atoms with Gasteiger partial charge in [0.05, 0.1) is 6.61 Å². The molecule has 6 heteroatoms. The second-order valence-corrected chi connectivity index (χ2v) is 7.09. The molecule has 0 aliphatic carbocycles.